The number of fused-ring (bicyclic) bond motifs is 7. The van der Waals surface area contributed by atoms with Gasteiger partial charge in [0.2, 0.25) is 0 Å². The highest BCUT2D eigenvalue weighted by molar-refractivity contribution is 5.69. The molecule has 4 heteroatoms. The van der Waals surface area contributed by atoms with Gasteiger partial charge in [-0.1, -0.05) is 123 Å². The highest BCUT2D eigenvalue weighted by Crippen LogP contribution is 2.70. The van der Waals surface area contributed by atoms with E-state index in [2.05, 4.69) is 40.7 Å². The smallest absolute Gasteiger partial charge is 0.306 e. The number of esters is 1. The van der Waals surface area contributed by atoms with Gasteiger partial charge in [-0.2, -0.15) is 0 Å². The van der Waals surface area contributed by atoms with Crippen molar-refractivity contribution in [2.45, 2.75) is 200 Å². The van der Waals surface area contributed by atoms with Crippen LogP contribution in [-0.4, -0.2) is 30.6 Å². The van der Waals surface area contributed by atoms with Gasteiger partial charge >= 0.3 is 5.97 Å². The lowest BCUT2D eigenvalue weighted by Crippen LogP contribution is -2.52. The Balaban J connectivity index is 0.920. The molecule has 2 aliphatic heterocycles. The predicted octanol–water partition coefficient (Wildman–Crippen LogP) is 11.7. The summed E-state index contributed by atoms with van der Waals surface area (Å²) in [5.41, 5.74) is 2.25. The molecule has 0 aromatic rings. The molecule has 6 rings (SSSR count). The summed E-state index contributed by atoms with van der Waals surface area (Å²) in [6.45, 7) is 13.1. The summed E-state index contributed by atoms with van der Waals surface area (Å²) in [5.74, 6) is 3.78. The molecule has 2 saturated heterocycles. The van der Waals surface area contributed by atoms with Crippen molar-refractivity contribution in [2.24, 2.45) is 46.3 Å². The van der Waals surface area contributed by atoms with E-state index in [4.69, 9.17) is 14.2 Å². The molecular formula is C43H72O4. The van der Waals surface area contributed by atoms with Crippen LogP contribution in [-0.2, 0) is 19.0 Å². The highest BCUT2D eigenvalue weighted by Gasteiger charge is 2.68. The Morgan fingerprint density at radius 3 is 2.19 bits per heavy atom. The first-order valence-electron chi connectivity index (χ1n) is 20.9. The third kappa shape index (κ3) is 7.45. The Bertz CT molecular complexity index is 1060. The Morgan fingerprint density at radius 1 is 0.851 bits per heavy atom. The molecule has 3 saturated carbocycles. The predicted molar refractivity (Wildman–Crippen MR) is 192 cm³/mol. The Hall–Kier alpha value is -0.870. The zero-order valence-corrected chi connectivity index (χ0v) is 31.3. The summed E-state index contributed by atoms with van der Waals surface area (Å²) in [6.07, 6.45) is 31.6. The average Bonchev–Trinajstić information content (AvgIpc) is 3.50. The lowest BCUT2D eigenvalue weighted by Gasteiger charge is -2.58. The summed E-state index contributed by atoms with van der Waals surface area (Å²) in [6, 6.07) is 0. The lowest BCUT2D eigenvalue weighted by atomic mass is 9.47. The van der Waals surface area contributed by atoms with Crippen molar-refractivity contribution in [3.05, 3.63) is 11.6 Å². The standard InChI is InChI=1S/C43H72O4/c1-6-7-8-9-10-11-12-13-14-15-16-17-18-19-39(44)46-34-23-25-41(4)33(28-34)20-21-35-36(41)24-26-42(5)37(35)29-38-40(42)32(3)43(47-38)27-22-31(2)30-45-43/h20,31-32,34-38,40H,6-19,21-30H2,1-5H3/t31-,32-,34-,35?,36?,37?,38?,40?,41-,42-,43+/m0/s1. The second kappa shape index (κ2) is 15.6. The van der Waals surface area contributed by atoms with Gasteiger partial charge in [0.15, 0.2) is 5.79 Å². The molecule has 47 heavy (non-hydrogen) atoms. The van der Waals surface area contributed by atoms with Crippen molar-refractivity contribution in [1.29, 1.82) is 0 Å². The minimum atomic E-state index is -0.319. The summed E-state index contributed by atoms with van der Waals surface area (Å²) < 4.78 is 19.7. The molecule has 0 radical (unpaired) electrons. The van der Waals surface area contributed by atoms with Crippen molar-refractivity contribution < 1.29 is 19.0 Å². The first kappa shape index (κ1) is 35.9. The van der Waals surface area contributed by atoms with Crippen molar-refractivity contribution in [2.75, 3.05) is 6.61 Å². The van der Waals surface area contributed by atoms with Gasteiger partial charge in [-0.15, -0.1) is 0 Å². The summed E-state index contributed by atoms with van der Waals surface area (Å²) >= 11 is 0. The van der Waals surface area contributed by atoms with Crippen LogP contribution in [0.3, 0.4) is 0 Å². The van der Waals surface area contributed by atoms with Crippen LogP contribution in [0.2, 0.25) is 0 Å². The molecule has 2 heterocycles. The number of hydrogen-bond acceptors (Lipinski definition) is 4. The molecule has 0 amide bonds. The van der Waals surface area contributed by atoms with E-state index >= 15 is 0 Å². The number of hydrogen-bond donors (Lipinski definition) is 0. The van der Waals surface area contributed by atoms with E-state index in [1.807, 2.05) is 0 Å². The SMILES string of the molecule is CCCCCCCCCCCCCCCC(=O)O[C@H]1CC[C@@]2(C)C(=CCC3C4CC5O[C@]6(CC[C@H](C)CO6)[C@@H](C)C5[C@@]4(C)CCC32)C1. The molecule has 268 valence electrons. The van der Waals surface area contributed by atoms with Gasteiger partial charge in [0, 0.05) is 25.2 Å². The van der Waals surface area contributed by atoms with Crippen molar-refractivity contribution in [3.63, 3.8) is 0 Å². The molecule has 1 spiro atoms. The zero-order chi connectivity index (χ0) is 33.1. The molecule has 0 aromatic heterocycles. The van der Waals surface area contributed by atoms with E-state index in [0.717, 1.165) is 50.0 Å². The molecule has 0 aromatic carbocycles. The van der Waals surface area contributed by atoms with Gasteiger partial charge in [0.1, 0.15) is 6.10 Å². The molecule has 4 nitrogen and oxygen atoms in total. The summed E-state index contributed by atoms with van der Waals surface area (Å²) in [5, 5.41) is 0. The van der Waals surface area contributed by atoms with E-state index in [1.54, 1.807) is 5.57 Å². The van der Waals surface area contributed by atoms with Gasteiger partial charge < -0.3 is 14.2 Å². The first-order chi connectivity index (χ1) is 22.7. The normalized spacial score (nSPS) is 42.4. The topological polar surface area (TPSA) is 44.8 Å². The minimum absolute atomic E-state index is 0.0465. The molecule has 5 unspecified atom stereocenters. The second-order valence-electron chi connectivity index (χ2n) is 18.1. The van der Waals surface area contributed by atoms with Crippen LogP contribution in [0.15, 0.2) is 11.6 Å². The number of carbonyl (C=O) groups excluding carboxylic acids is 1. The number of allylic oxidation sites excluding steroid dienone is 1. The molecule has 6 aliphatic rings. The molecule has 4 aliphatic carbocycles. The molecule has 11 atom stereocenters. The summed E-state index contributed by atoms with van der Waals surface area (Å²) in [7, 11) is 0. The minimum Gasteiger partial charge on any atom is -0.462 e. The average molecular weight is 653 g/mol. The Labute approximate surface area is 289 Å². The van der Waals surface area contributed by atoms with Crippen molar-refractivity contribution >= 4 is 5.97 Å². The third-order valence-electron chi connectivity index (χ3n) is 15.1. The fourth-order valence-corrected chi connectivity index (χ4v) is 12.3. The largest absolute Gasteiger partial charge is 0.462 e. The maximum atomic E-state index is 12.8. The number of ether oxygens (including phenoxy) is 3. The van der Waals surface area contributed by atoms with Gasteiger partial charge in [-0.05, 0) is 91.8 Å². The highest BCUT2D eigenvalue weighted by atomic mass is 16.7. The van der Waals surface area contributed by atoms with Gasteiger partial charge in [0.05, 0.1) is 12.7 Å². The van der Waals surface area contributed by atoms with Crippen molar-refractivity contribution in [3.8, 4) is 0 Å². The van der Waals surface area contributed by atoms with E-state index in [0.29, 0.717) is 35.7 Å². The monoisotopic (exact) mass is 653 g/mol. The zero-order valence-electron chi connectivity index (χ0n) is 31.3. The number of rotatable bonds is 15. The van der Waals surface area contributed by atoms with Crippen molar-refractivity contribution in [1.82, 2.24) is 0 Å². The van der Waals surface area contributed by atoms with E-state index in [9.17, 15) is 4.79 Å². The van der Waals surface area contributed by atoms with Crippen LogP contribution < -0.4 is 0 Å². The first-order valence-corrected chi connectivity index (χ1v) is 20.9. The van der Waals surface area contributed by atoms with Crippen LogP contribution in [0.25, 0.3) is 0 Å². The summed E-state index contributed by atoms with van der Waals surface area (Å²) in [4.78, 5) is 12.8. The molecule has 5 fully saturated rings. The molecular weight excluding hydrogens is 580 g/mol. The molecule has 0 N–H and O–H groups in total. The number of carbonyl (C=O) groups is 1. The van der Waals surface area contributed by atoms with Crippen LogP contribution in [0.5, 0.6) is 0 Å². The van der Waals surface area contributed by atoms with Gasteiger partial charge in [-0.25, -0.2) is 0 Å². The molecule has 0 bridgehead atoms. The fourth-order valence-electron chi connectivity index (χ4n) is 12.3. The maximum Gasteiger partial charge on any atom is 0.306 e. The van der Waals surface area contributed by atoms with Gasteiger partial charge in [-0.3, -0.25) is 4.79 Å². The fraction of sp³-hybridized carbons (Fsp3) is 0.930. The number of unbranched alkanes of at least 4 members (excludes halogenated alkanes) is 12. The third-order valence-corrected chi connectivity index (χ3v) is 15.1. The second-order valence-corrected chi connectivity index (χ2v) is 18.1. The quantitative estimate of drug-likeness (QED) is 0.100. The van der Waals surface area contributed by atoms with Crippen LogP contribution in [0, 0.1) is 46.3 Å². The van der Waals surface area contributed by atoms with E-state index in [-0.39, 0.29) is 23.3 Å². The van der Waals surface area contributed by atoms with E-state index in [1.165, 1.54) is 116 Å². The Morgan fingerprint density at radius 2 is 1.53 bits per heavy atom. The van der Waals surface area contributed by atoms with Crippen LogP contribution >= 0.6 is 0 Å². The maximum absolute atomic E-state index is 12.8. The van der Waals surface area contributed by atoms with Crippen LogP contribution in [0.1, 0.15) is 182 Å². The van der Waals surface area contributed by atoms with Crippen LogP contribution in [0.4, 0.5) is 0 Å². The Kier molecular flexibility index (Phi) is 11.9. The van der Waals surface area contributed by atoms with Gasteiger partial charge in [0.25, 0.3) is 0 Å². The lowest BCUT2D eigenvalue weighted by molar-refractivity contribution is -0.272. The van der Waals surface area contributed by atoms with E-state index < -0.39 is 0 Å².